The number of hydrogen-bond acceptors (Lipinski definition) is 7. The van der Waals surface area contributed by atoms with Crippen molar-refractivity contribution in [3.63, 3.8) is 0 Å². The Hall–Kier alpha value is -4.13. The molecule has 0 spiro atoms. The number of hydrogen-bond donors (Lipinski definition) is 1. The lowest BCUT2D eigenvalue weighted by atomic mass is 9.72. The molecule has 0 fully saturated rings. The number of nitrogens with one attached hydrogen (secondary N) is 1. The van der Waals surface area contributed by atoms with E-state index in [1.54, 1.807) is 14.2 Å². The van der Waals surface area contributed by atoms with Crippen molar-refractivity contribution >= 4 is 17.2 Å². The number of rotatable bonds is 5. The summed E-state index contributed by atoms with van der Waals surface area (Å²) in [6.45, 7) is 0.202. The van der Waals surface area contributed by atoms with Gasteiger partial charge in [-0.1, -0.05) is 18.2 Å². The fraction of sp³-hybridized carbons (Fsp3) is 0.300. The molecule has 0 unspecified atom stereocenters. The van der Waals surface area contributed by atoms with Crippen LogP contribution in [0.4, 0.5) is 11.4 Å². The first kappa shape index (κ1) is 23.3. The summed E-state index contributed by atoms with van der Waals surface area (Å²) in [5.74, 6) is 2.78. The van der Waals surface area contributed by atoms with Crippen LogP contribution in [-0.4, -0.2) is 40.9 Å². The molecule has 37 heavy (non-hydrogen) atoms. The first-order valence-corrected chi connectivity index (χ1v) is 12.4. The highest BCUT2D eigenvalue weighted by Crippen LogP contribution is 2.51. The molecule has 7 heteroatoms. The standard InChI is InChI=1S/C30H30N2O5/c1-32(2)20-8-5-17(6-9-20)29-21-14-27-28(37-16-36-27)15-22(21)31-23-11-19(12-24(33)30(23)29)18-7-10-25(34-3)26(13-18)35-4/h5-10,13-15,19,29,31H,11-12,16H2,1-4H3/t19-,29+/m0/s1. The van der Waals surface area contributed by atoms with Gasteiger partial charge in [0.2, 0.25) is 6.79 Å². The van der Waals surface area contributed by atoms with Crippen LogP contribution >= 0.6 is 0 Å². The highest BCUT2D eigenvalue weighted by atomic mass is 16.7. The van der Waals surface area contributed by atoms with Crippen LogP contribution in [0.5, 0.6) is 23.0 Å². The van der Waals surface area contributed by atoms with E-state index in [-0.39, 0.29) is 24.4 Å². The van der Waals surface area contributed by atoms with Gasteiger partial charge < -0.3 is 29.2 Å². The fourth-order valence-corrected chi connectivity index (χ4v) is 5.66. The summed E-state index contributed by atoms with van der Waals surface area (Å²) in [5.41, 5.74) is 7.02. The zero-order valence-corrected chi connectivity index (χ0v) is 21.5. The first-order chi connectivity index (χ1) is 18.0. The number of carbonyl (C=O) groups is 1. The summed E-state index contributed by atoms with van der Waals surface area (Å²) < 4.78 is 22.3. The Kier molecular flexibility index (Phi) is 5.71. The lowest BCUT2D eigenvalue weighted by molar-refractivity contribution is -0.116. The molecule has 190 valence electrons. The molecule has 3 aromatic rings. The molecule has 3 aliphatic rings. The lowest BCUT2D eigenvalue weighted by Gasteiger charge is -2.37. The van der Waals surface area contributed by atoms with E-state index >= 15 is 0 Å². The molecule has 0 bridgehead atoms. The van der Waals surface area contributed by atoms with Gasteiger partial charge >= 0.3 is 0 Å². The lowest BCUT2D eigenvalue weighted by Crippen LogP contribution is -2.29. The SMILES string of the molecule is COc1ccc([C@@H]2CC(=O)C3=C(C2)Nc2cc4c(cc2[C@H]3c2ccc(N(C)C)cc2)OCO4)cc1OC. The molecule has 0 saturated heterocycles. The maximum Gasteiger partial charge on any atom is 0.231 e. The summed E-state index contributed by atoms with van der Waals surface area (Å²) in [5, 5.41) is 3.60. The third-order valence-electron chi connectivity index (χ3n) is 7.56. The third-order valence-corrected chi connectivity index (χ3v) is 7.56. The van der Waals surface area contributed by atoms with Gasteiger partial charge in [-0.05, 0) is 59.4 Å². The van der Waals surface area contributed by atoms with E-state index in [1.165, 1.54) is 0 Å². The molecule has 0 amide bonds. The number of benzene rings is 3. The van der Waals surface area contributed by atoms with Gasteiger partial charge in [-0.3, -0.25) is 4.79 Å². The predicted molar refractivity (Wildman–Crippen MR) is 142 cm³/mol. The van der Waals surface area contributed by atoms with Crippen molar-refractivity contribution in [1.29, 1.82) is 0 Å². The Morgan fingerprint density at radius 1 is 0.865 bits per heavy atom. The van der Waals surface area contributed by atoms with Gasteiger partial charge in [-0.25, -0.2) is 0 Å². The Labute approximate surface area is 216 Å². The molecule has 0 radical (unpaired) electrons. The van der Waals surface area contributed by atoms with Gasteiger partial charge in [0.05, 0.1) is 14.2 Å². The Balaban J connectivity index is 1.44. The van der Waals surface area contributed by atoms with E-state index in [0.29, 0.717) is 23.7 Å². The molecule has 2 aliphatic heterocycles. The van der Waals surface area contributed by atoms with Crippen LogP contribution in [0.2, 0.25) is 0 Å². The van der Waals surface area contributed by atoms with Crippen molar-refractivity contribution in [3.8, 4) is 23.0 Å². The van der Waals surface area contributed by atoms with E-state index in [4.69, 9.17) is 18.9 Å². The largest absolute Gasteiger partial charge is 0.493 e. The van der Waals surface area contributed by atoms with E-state index in [2.05, 4.69) is 34.5 Å². The van der Waals surface area contributed by atoms with Crippen LogP contribution in [0.15, 0.2) is 65.9 Å². The second kappa shape index (κ2) is 9.07. The van der Waals surface area contributed by atoms with E-state index in [9.17, 15) is 4.79 Å². The monoisotopic (exact) mass is 498 g/mol. The molecular formula is C30H30N2O5. The average Bonchev–Trinajstić information content (AvgIpc) is 3.37. The van der Waals surface area contributed by atoms with Crippen molar-refractivity contribution in [3.05, 3.63) is 82.6 Å². The van der Waals surface area contributed by atoms with Crippen molar-refractivity contribution < 1.29 is 23.7 Å². The number of ether oxygens (including phenoxy) is 4. The molecule has 7 nitrogen and oxygen atoms in total. The highest BCUT2D eigenvalue weighted by molar-refractivity contribution is 6.02. The number of anilines is 2. The Morgan fingerprint density at radius 3 is 2.27 bits per heavy atom. The minimum Gasteiger partial charge on any atom is -0.493 e. The molecular weight excluding hydrogens is 468 g/mol. The minimum absolute atomic E-state index is 0.0332. The van der Waals surface area contributed by atoms with Gasteiger partial charge in [-0.15, -0.1) is 0 Å². The van der Waals surface area contributed by atoms with Crippen LogP contribution in [0.3, 0.4) is 0 Å². The third kappa shape index (κ3) is 3.95. The van der Waals surface area contributed by atoms with E-state index in [1.807, 2.05) is 44.4 Å². The molecule has 2 heterocycles. The quantitative estimate of drug-likeness (QED) is 0.501. The van der Waals surface area contributed by atoms with Crippen molar-refractivity contribution in [2.75, 3.05) is 45.3 Å². The fourth-order valence-electron chi connectivity index (χ4n) is 5.66. The summed E-state index contributed by atoms with van der Waals surface area (Å²) in [6.07, 6.45) is 1.15. The van der Waals surface area contributed by atoms with Crippen LogP contribution < -0.4 is 29.2 Å². The Morgan fingerprint density at radius 2 is 1.57 bits per heavy atom. The van der Waals surface area contributed by atoms with Crippen LogP contribution in [0, 0.1) is 0 Å². The van der Waals surface area contributed by atoms with Gasteiger partial charge in [-0.2, -0.15) is 0 Å². The van der Waals surface area contributed by atoms with Gasteiger partial charge in [0, 0.05) is 55.1 Å². The van der Waals surface area contributed by atoms with Gasteiger partial charge in [0.1, 0.15) is 0 Å². The number of allylic oxidation sites excluding steroid dienone is 2. The number of fused-ring (bicyclic) bond motifs is 2. The molecule has 0 aromatic heterocycles. The molecule has 0 saturated carbocycles. The van der Waals surface area contributed by atoms with Crippen LogP contribution in [0.1, 0.15) is 41.4 Å². The smallest absolute Gasteiger partial charge is 0.231 e. The highest BCUT2D eigenvalue weighted by Gasteiger charge is 2.39. The number of Topliss-reactive ketones (excluding diaryl/α,β-unsaturated/α-hetero) is 1. The zero-order chi connectivity index (χ0) is 25.7. The Bertz CT molecular complexity index is 1410. The first-order valence-electron chi connectivity index (χ1n) is 12.4. The molecule has 3 aromatic carbocycles. The number of methoxy groups -OCH3 is 2. The van der Waals surface area contributed by atoms with Crippen molar-refractivity contribution in [2.45, 2.75) is 24.7 Å². The zero-order valence-electron chi connectivity index (χ0n) is 21.5. The minimum atomic E-state index is -0.184. The maximum atomic E-state index is 13.9. The predicted octanol–water partition coefficient (Wildman–Crippen LogP) is 5.46. The molecule has 6 rings (SSSR count). The summed E-state index contributed by atoms with van der Waals surface area (Å²) in [4.78, 5) is 15.9. The molecule has 1 N–H and O–H groups in total. The summed E-state index contributed by atoms with van der Waals surface area (Å²) in [6, 6.07) is 18.4. The maximum absolute atomic E-state index is 13.9. The second-order valence-corrected chi connectivity index (χ2v) is 9.87. The van der Waals surface area contributed by atoms with Crippen molar-refractivity contribution in [2.24, 2.45) is 0 Å². The van der Waals surface area contributed by atoms with Crippen LogP contribution in [0.25, 0.3) is 0 Å². The van der Waals surface area contributed by atoms with E-state index < -0.39 is 0 Å². The molecule has 1 aliphatic carbocycles. The summed E-state index contributed by atoms with van der Waals surface area (Å²) >= 11 is 0. The number of ketones is 1. The van der Waals surface area contributed by atoms with Crippen molar-refractivity contribution in [1.82, 2.24) is 0 Å². The normalized spacial score (nSPS) is 19.6. The van der Waals surface area contributed by atoms with Gasteiger partial charge in [0.15, 0.2) is 28.8 Å². The molecule has 2 atom stereocenters. The van der Waals surface area contributed by atoms with Crippen LogP contribution in [-0.2, 0) is 4.79 Å². The van der Waals surface area contributed by atoms with Gasteiger partial charge in [0.25, 0.3) is 0 Å². The number of carbonyl (C=O) groups excluding carboxylic acids is 1. The second-order valence-electron chi connectivity index (χ2n) is 9.87. The number of nitrogens with zero attached hydrogens (tertiary/aromatic N) is 1. The topological polar surface area (TPSA) is 69.3 Å². The average molecular weight is 499 g/mol. The van der Waals surface area contributed by atoms with E-state index in [0.717, 1.165) is 51.5 Å². The summed E-state index contributed by atoms with van der Waals surface area (Å²) in [7, 11) is 7.30.